The maximum Gasteiger partial charge on any atom is 0.370 e. The molecule has 0 aromatic carbocycles. The molecule has 0 aromatic rings. The Kier molecular flexibility index (Phi) is 2.62. The summed E-state index contributed by atoms with van der Waals surface area (Å²) in [5, 5.41) is -11.4. The molecule has 0 amide bonds. The SMILES string of the molecule is O=C1OC(C(F)(F)Cl)(C(F)(F)Cl)C1Cl. The Balaban J connectivity index is 3.14. The molecule has 1 aliphatic rings. The summed E-state index contributed by atoms with van der Waals surface area (Å²) in [5.41, 5.74) is -3.69. The van der Waals surface area contributed by atoms with Gasteiger partial charge in [0.25, 0.3) is 5.60 Å². The van der Waals surface area contributed by atoms with Crippen LogP contribution in [0.3, 0.4) is 0 Å². The van der Waals surface area contributed by atoms with Gasteiger partial charge in [0.1, 0.15) is 0 Å². The van der Waals surface area contributed by atoms with Crippen molar-refractivity contribution in [1.29, 1.82) is 0 Å². The molecule has 82 valence electrons. The van der Waals surface area contributed by atoms with E-state index in [1.807, 2.05) is 0 Å². The Morgan fingerprint density at radius 2 is 1.57 bits per heavy atom. The number of ether oxygens (including phenoxy) is 1. The van der Waals surface area contributed by atoms with Crippen LogP contribution in [0.1, 0.15) is 0 Å². The first-order valence-corrected chi connectivity index (χ1v) is 4.23. The molecule has 0 bridgehead atoms. The van der Waals surface area contributed by atoms with Crippen molar-refractivity contribution >= 4 is 40.8 Å². The van der Waals surface area contributed by atoms with Gasteiger partial charge < -0.3 is 4.74 Å². The van der Waals surface area contributed by atoms with E-state index >= 15 is 0 Å². The Morgan fingerprint density at radius 3 is 1.64 bits per heavy atom. The molecule has 0 spiro atoms. The van der Waals surface area contributed by atoms with Gasteiger partial charge in [-0.2, -0.15) is 17.6 Å². The van der Waals surface area contributed by atoms with Crippen LogP contribution in [-0.4, -0.2) is 27.7 Å². The first kappa shape index (κ1) is 12.1. The number of carbonyl (C=O) groups is 1. The van der Waals surface area contributed by atoms with E-state index < -0.39 is 27.7 Å². The maximum atomic E-state index is 12.6. The molecule has 2 nitrogen and oxygen atoms in total. The average molecular weight is 275 g/mol. The summed E-state index contributed by atoms with van der Waals surface area (Å²) in [6.07, 6.45) is 0. The van der Waals surface area contributed by atoms with Crippen molar-refractivity contribution in [3.05, 3.63) is 0 Å². The Morgan fingerprint density at radius 1 is 1.21 bits per heavy atom. The summed E-state index contributed by atoms with van der Waals surface area (Å²) in [5.74, 6) is -1.42. The Hall–Kier alpha value is 0.0600. The van der Waals surface area contributed by atoms with E-state index in [2.05, 4.69) is 27.9 Å². The molecule has 14 heavy (non-hydrogen) atoms. The lowest BCUT2D eigenvalue weighted by molar-refractivity contribution is -0.276. The monoisotopic (exact) mass is 274 g/mol. The molecule has 0 saturated carbocycles. The number of alkyl halides is 7. The number of cyclic esters (lactones) is 1. The molecule has 9 heteroatoms. The number of hydrogen-bond donors (Lipinski definition) is 0. The lowest BCUT2D eigenvalue weighted by Gasteiger charge is -2.47. The minimum absolute atomic E-state index is 1.42. The number of rotatable bonds is 2. The van der Waals surface area contributed by atoms with Crippen LogP contribution in [-0.2, 0) is 9.53 Å². The summed E-state index contributed by atoms with van der Waals surface area (Å²) in [4.78, 5) is 10.4. The van der Waals surface area contributed by atoms with Crippen LogP contribution in [0.2, 0.25) is 0 Å². The predicted molar refractivity (Wildman–Crippen MR) is 40.1 cm³/mol. The van der Waals surface area contributed by atoms with Gasteiger partial charge in [0, 0.05) is 0 Å². The smallest absolute Gasteiger partial charge is 0.370 e. The summed E-state index contributed by atoms with van der Waals surface area (Å²) < 4.78 is 54.0. The quantitative estimate of drug-likeness (QED) is 0.440. The third-order valence-electron chi connectivity index (χ3n) is 1.67. The van der Waals surface area contributed by atoms with Crippen LogP contribution in [0.25, 0.3) is 0 Å². The van der Waals surface area contributed by atoms with Crippen LogP contribution >= 0.6 is 34.8 Å². The lowest BCUT2D eigenvalue weighted by Crippen LogP contribution is -2.74. The van der Waals surface area contributed by atoms with Crippen LogP contribution < -0.4 is 0 Å². The zero-order valence-electron chi connectivity index (χ0n) is 6.04. The standard InChI is InChI=1S/C5HCl3F4O2/c6-1-2(13)14-3(1,4(7,9)10)5(8,11)12/h1H. The fourth-order valence-electron chi connectivity index (χ4n) is 0.934. The van der Waals surface area contributed by atoms with Gasteiger partial charge >= 0.3 is 16.7 Å². The predicted octanol–water partition coefficient (Wildman–Crippen LogP) is 2.55. The van der Waals surface area contributed by atoms with E-state index in [-0.39, 0.29) is 0 Å². The molecule has 0 radical (unpaired) electrons. The fourth-order valence-corrected chi connectivity index (χ4v) is 1.99. The average Bonchev–Trinajstić information content (AvgIpc) is 1.93. The van der Waals surface area contributed by atoms with E-state index in [0.29, 0.717) is 0 Å². The maximum absolute atomic E-state index is 12.6. The molecule has 0 aliphatic carbocycles. The highest BCUT2D eigenvalue weighted by atomic mass is 35.5. The topological polar surface area (TPSA) is 26.3 Å². The van der Waals surface area contributed by atoms with Crippen molar-refractivity contribution in [3.63, 3.8) is 0 Å². The number of carbonyl (C=O) groups excluding carboxylic acids is 1. The first-order valence-electron chi connectivity index (χ1n) is 3.04. The zero-order valence-corrected chi connectivity index (χ0v) is 8.31. The zero-order chi connectivity index (χ0) is 11.4. The Labute approximate surface area is 90.0 Å². The molecular weight excluding hydrogens is 274 g/mol. The van der Waals surface area contributed by atoms with E-state index in [0.717, 1.165) is 0 Å². The van der Waals surface area contributed by atoms with E-state index in [1.54, 1.807) is 0 Å². The second-order valence-electron chi connectivity index (χ2n) is 2.51. The summed E-state index contributed by atoms with van der Waals surface area (Å²) in [7, 11) is 0. The molecule has 1 aliphatic heterocycles. The van der Waals surface area contributed by atoms with Crippen molar-refractivity contribution in [2.45, 2.75) is 21.7 Å². The highest BCUT2D eigenvalue weighted by Gasteiger charge is 2.81. The van der Waals surface area contributed by atoms with Gasteiger partial charge in [-0.05, 0) is 23.2 Å². The summed E-state index contributed by atoms with van der Waals surface area (Å²) >= 11 is 13.7. The van der Waals surface area contributed by atoms with Crippen molar-refractivity contribution in [3.8, 4) is 0 Å². The second-order valence-corrected chi connectivity index (χ2v) is 3.90. The number of halogens is 7. The molecule has 1 atom stereocenters. The van der Waals surface area contributed by atoms with Gasteiger partial charge in [-0.15, -0.1) is 11.6 Å². The third-order valence-corrected chi connectivity index (χ3v) is 2.71. The van der Waals surface area contributed by atoms with E-state index in [9.17, 15) is 22.4 Å². The van der Waals surface area contributed by atoms with Gasteiger partial charge in [-0.3, -0.25) is 4.79 Å². The van der Waals surface area contributed by atoms with Crippen molar-refractivity contribution < 1.29 is 27.1 Å². The number of esters is 1. The lowest BCUT2D eigenvalue weighted by atomic mass is 9.94. The van der Waals surface area contributed by atoms with Crippen LogP contribution in [0.4, 0.5) is 17.6 Å². The van der Waals surface area contributed by atoms with Crippen LogP contribution in [0, 0.1) is 0 Å². The molecule has 0 N–H and O–H groups in total. The normalized spacial score (nSPS) is 26.8. The van der Waals surface area contributed by atoms with E-state index in [1.165, 1.54) is 0 Å². The minimum Gasteiger partial charge on any atom is -0.440 e. The largest absolute Gasteiger partial charge is 0.440 e. The fraction of sp³-hybridized carbons (Fsp3) is 0.800. The van der Waals surface area contributed by atoms with Crippen molar-refractivity contribution in [2.75, 3.05) is 0 Å². The first-order chi connectivity index (χ1) is 6.04. The summed E-state index contributed by atoms with van der Waals surface area (Å²) in [6, 6.07) is 0. The molecule has 1 fully saturated rings. The highest BCUT2D eigenvalue weighted by molar-refractivity contribution is 6.37. The molecule has 1 saturated heterocycles. The molecule has 1 rings (SSSR count). The van der Waals surface area contributed by atoms with Gasteiger partial charge in [-0.25, -0.2) is 0 Å². The number of hydrogen-bond acceptors (Lipinski definition) is 2. The van der Waals surface area contributed by atoms with E-state index in [4.69, 9.17) is 11.6 Å². The third kappa shape index (κ3) is 1.35. The molecule has 0 aromatic heterocycles. The van der Waals surface area contributed by atoms with Crippen LogP contribution in [0.5, 0.6) is 0 Å². The summed E-state index contributed by atoms with van der Waals surface area (Å²) in [6.45, 7) is 0. The Bertz CT molecular complexity index is 257. The van der Waals surface area contributed by atoms with Gasteiger partial charge in [-0.1, -0.05) is 0 Å². The molecule has 1 heterocycles. The second kappa shape index (κ2) is 3.02. The minimum atomic E-state index is -4.56. The highest BCUT2D eigenvalue weighted by Crippen LogP contribution is 2.56. The molecular formula is C5HCl3F4O2. The van der Waals surface area contributed by atoms with Gasteiger partial charge in [0.15, 0.2) is 5.38 Å². The van der Waals surface area contributed by atoms with Gasteiger partial charge in [0.2, 0.25) is 0 Å². The van der Waals surface area contributed by atoms with Crippen molar-refractivity contribution in [2.24, 2.45) is 0 Å². The molecule has 1 unspecified atom stereocenters. The van der Waals surface area contributed by atoms with Gasteiger partial charge in [0.05, 0.1) is 0 Å². The van der Waals surface area contributed by atoms with Crippen LogP contribution in [0.15, 0.2) is 0 Å². The van der Waals surface area contributed by atoms with Crippen molar-refractivity contribution in [1.82, 2.24) is 0 Å².